The van der Waals surface area contributed by atoms with Crippen molar-refractivity contribution in [1.29, 1.82) is 0 Å². The van der Waals surface area contributed by atoms with Gasteiger partial charge in [-0.3, -0.25) is 0 Å². The largest absolute Gasteiger partial charge is 0.443 e. The second-order valence-electron chi connectivity index (χ2n) is 3.90. The maximum absolute atomic E-state index is 11.4. The molecule has 0 fully saturated rings. The molecular weight excluding hydrogens is 192 g/mol. The fraction of sp³-hybridized carbons (Fsp3) is 0.636. The quantitative estimate of drug-likeness (QED) is 0.664. The van der Waals surface area contributed by atoms with Crippen molar-refractivity contribution in [3.8, 4) is 0 Å². The van der Waals surface area contributed by atoms with Crippen LogP contribution >= 0.6 is 0 Å². The van der Waals surface area contributed by atoms with Crippen molar-refractivity contribution in [2.75, 3.05) is 0 Å². The van der Waals surface area contributed by atoms with Crippen LogP contribution in [0.2, 0.25) is 0 Å². The molecule has 0 bridgehead atoms. The lowest BCUT2D eigenvalue weighted by Gasteiger charge is -2.18. The van der Waals surface area contributed by atoms with Gasteiger partial charge >= 0.3 is 6.09 Å². The minimum atomic E-state index is -0.463. The summed E-state index contributed by atoms with van der Waals surface area (Å²) < 4.78 is 6.46. The molecule has 0 N–H and O–H groups in total. The van der Waals surface area contributed by atoms with Gasteiger partial charge in [-0.15, -0.1) is 0 Å². The van der Waals surface area contributed by atoms with Crippen LogP contribution in [0.1, 0.15) is 40.3 Å². The molecule has 0 aromatic carbocycles. The van der Waals surface area contributed by atoms with Crippen molar-refractivity contribution in [1.82, 2.24) is 9.55 Å². The Hall–Kier alpha value is -1.32. The number of ether oxygens (including phenoxy) is 1. The predicted molar refractivity (Wildman–Crippen MR) is 59.9 cm³/mol. The van der Waals surface area contributed by atoms with E-state index in [0.29, 0.717) is 0 Å². The standard InChI is InChI=1S/C9H14N2O2.C2H6/c1-7-5-11(6-10-7)8(12)13-9(2,3)4;1-2/h5-6H,1-4H3;1-2H3. The van der Waals surface area contributed by atoms with Gasteiger partial charge in [0, 0.05) is 6.20 Å². The molecule has 0 spiro atoms. The SMILES string of the molecule is CC.Cc1cn(C(=O)OC(C)(C)C)cn1. The van der Waals surface area contributed by atoms with E-state index in [9.17, 15) is 4.79 Å². The highest BCUT2D eigenvalue weighted by Crippen LogP contribution is 2.08. The van der Waals surface area contributed by atoms with Gasteiger partial charge < -0.3 is 4.74 Å². The Balaban J connectivity index is 0.000000921. The van der Waals surface area contributed by atoms with Crippen molar-refractivity contribution in [3.63, 3.8) is 0 Å². The van der Waals surface area contributed by atoms with Gasteiger partial charge in [0.1, 0.15) is 11.9 Å². The lowest BCUT2D eigenvalue weighted by Crippen LogP contribution is -2.26. The van der Waals surface area contributed by atoms with Crippen LogP contribution in [0.15, 0.2) is 12.5 Å². The number of rotatable bonds is 0. The molecule has 0 aliphatic heterocycles. The first kappa shape index (κ1) is 13.7. The van der Waals surface area contributed by atoms with E-state index in [1.165, 1.54) is 10.9 Å². The first-order valence-electron chi connectivity index (χ1n) is 5.12. The van der Waals surface area contributed by atoms with Crippen molar-refractivity contribution in [2.24, 2.45) is 0 Å². The van der Waals surface area contributed by atoms with E-state index in [4.69, 9.17) is 4.74 Å². The molecule has 0 atom stereocenters. The number of hydrogen-bond donors (Lipinski definition) is 0. The van der Waals surface area contributed by atoms with Gasteiger partial charge in [-0.1, -0.05) is 13.8 Å². The average molecular weight is 212 g/mol. The van der Waals surface area contributed by atoms with Crippen molar-refractivity contribution in [2.45, 2.75) is 47.1 Å². The fourth-order valence-corrected chi connectivity index (χ4v) is 0.836. The van der Waals surface area contributed by atoms with E-state index in [1.807, 2.05) is 41.5 Å². The van der Waals surface area contributed by atoms with Crippen molar-refractivity contribution >= 4 is 6.09 Å². The minimum absolute atomic E-state index is 0.395. The molecule has 1 heterocycles. The van der Waals surface area contributed by atoms with E-state index in [-0.39, 0.29) is 0 Å². The lowest BCUT2D eigenvalue weighted by molar-refractivity contribution is 0.0536. The molecule has 0 unspecified atom stereocenters. The van der Waals surface area contributed by atoms with Crippen LogP contribution in [0.25, 0.3) is 0 Å². The summed E-state index contributed by atoms with van der Waals surface area (Å²) in [5.74, 6) is 0. The van der Waals surface area contributed by atoms with Crippen LogP contribution in [0.5, 0.6) is 0 Å². The second kappa shape index (κ2) is 5.53. The molecule has 1 rings (SSSR count). The van der Waals surface area contributed by atoms with E-state index < -0.39 is 11.7 Å². The number of aromatic nitrogens is 2. The van der Waals surface area contributed by atoms with E-state index in [0.717, 1.165) is 5.69 Å². The maximum atomic E-state index is 11.4. The van der Waals surface area contributed by atoms with Crippen LogP contribution in [0.4, 0.5) is 4.79 Å². The summed E-state index contributed by atoms with van der Waals surface area (Å²) in [7, 11) is 0. The summed E-state index contributed by atoms with van der Waals surface area (Å²) in [6.45, 7) is 11.3. The van der Waals surface area contributed by atoms with Crippen LogP contribution in [-0.4, -0.2) is 21.2 Å². The normalized spacial score (nSPS) is 10.3. The first-order chi connectivity index (χ1) is 6.88. The topological polar surface area (TPSA) is 44.1 Å². The third kappa shape index (κ3) is 5.20. The Kier molecular flexibility index (Phi) is 5.05. The van der Waals surface area contributed by atoms with E-state index in [1.54, 1.807) is 6.20 Å². The van der Waals surface area contributed by atoms with Gasteiger partial charge in [0.25, 0.3) is 0 Å². The highest BCUT2D eigenvalue weighted by Gasteiger charge is 2.17. The minimum Gasteiger partial charge on any atom is -0.443 e. The average Bonchev–Trinajstić information content (AvgIpc) is 2.52. The van der Waals surface area contributed by atoms with Crippen molar-refractivity contribution < 1.29 is 9.53 Å². The Morgan fingerprint density at radius 1 is 1.40 bits per heavy atom. The number of nitrogens with zero attached hydrogens (tertiary/aromatic N) is 2. The number of imidazole rings is 1. The number of aryl methyl sites for hydroxylation is 1. The van der Waals surface area contributed by atoms with Gasteiger partial charge in [0.05, 0.1) is 5.69 Å². The zero-order valence-corrected chi connectivity index (χ0v) is 10.4. The molecule has 15 heavy (non-hydrogen) atoms. The molecule has 0 saturated carbocycles. The molecule has 0 aliphatic rings. The molecule has 0 aliphatic carbocycles. The third-order valence-corrected chi connectivity index (χ3v) is 1.32. The summed E-state index contributed by atoms with van der Waals surface area (Å²) >= 11 is 0. The van der Waals surface area contributed by atoms with Crippen LogP contribution < -0.4 is 0 Å². The third-order valence-electron chi connectivity index (χ3n) is 1.32. The molecule has 0 amide bonds. The Morgan fingerprint density at radius 2 is 1.93 bits per heavy atom. The smallest absolute Gasteiger partial charge is 0.419 e. The molecule has 86 valence electrons. The Morgan fingerprint density at radius 3 is 2.27 bits per heavy atom. The summed E-state index contributed by atoms with van der Waals surface area (Å²) in [6.07, 6.45) is 2.69. The molecule has 1 aromatic rings. The van der Waals surface area contributed by atoms with Gasteiger partial charge in [-0.05, 0) is 27.7 Å². The predicted octanol–water partition coefficient (Wildman–Crippen LogP) is 3.00. The van der Waals surface area contributed by atoms with Gasteiger partial charge in [-0.25, -0.2) is 14.3 Å². The number of carbonyl (C=O) groups is 1. The number of hydrogen-bond acceptors (Lipinski definition) is 3. The Labute approximate surface area is 91.3 Å². The summed E-state index contributed by atoms with van der Waals surface area (Å²) in [5.41, 5.74) is 0.334. The second-order valence-corrected chi connectivity index (χ2v) is 3.90. The van der Waals surface area contributed by atoms with Gasteiger partial charge in [0.2, 0.25) is 0 Å². The lowest BCUT2D eigenvalue weighted by atomic mass is 10.2. The zero-order valence-electron chi connectivity index (χ0n) is 10.4. The van der Waals surface area contributed by atoms with E-state index >= 15 is 0 Å². The monoisotopic (exact) mass is 212 g/mol. The molecule has 0 saturated heterocycles. The summed E-state index contributed by atoms with van der Waals surface area (Å²) in [6, 6.07) is 0. The van der Waals surface area contributed by atoms with Crippen LogP contribution in [0.3, 0.4) is 0 Å². The highest BCUT2D eigenvalue weighted by atomic mass is 16.6. The molecular formula is C11H20N2O2. The highest BCUT2D eigenvalue weighted by molar-refractivity contribution is 5.70. The van der Waals surface area contributed by atoms with Crippen molar-refractivity contribution in [3.05, 3.63) is 18.2 Å². The molecule has 0 radical (unpaired) electrons. The fourth-order valence-electron chi connectivity index (χ4n) is 0.836. The zero-order chi connectivity index (χ0) is 12.1. The molecule has 1 aromatic heterocycles. The maximum Gasteiger partial charge on any atom is 0.419 e. The van der Waals surface area contributed by atoms with Gasteiger partial charge in [0.15, 0.2) is 0 Å². The van der Waals surface area contributed by atoms with Crippen LogP contribution in [0, 0.1) is 6.92 Å². The summed E-state index contributed by atoms with van der Waals surface area (Å²) in [4.78, 5) is 15.3. The van der Waals surface area contributed by atoms with Crippen LogP contribution in [-0.2, 0) is 4.74 Å². The summed E-state index contributed by atoms with van der Waals surface area (Å²) in [5, 5.41) is 0. The Bertz CT molecular complexity index is 311. The number of carbonyl (C=O) groups excluding carboxylic acids is 1. The molecule has 4 heteroatoms. The first-order valence-corrected chi connectivity index (χ1v) is 5.12. The van der Waals surface area contributed by atoms with E-state index in [2.05, 4.69) is 4.98 Å². The molecule has 4 nitrogen and oxygen atoms in total. The van der Waals surface area contributed by atoms with Gasteiger partial charge in [-0.2, -0.15) is 0 Å².